The molecule has 0 spiro atoms. The van der Waals surface area contributed by atoms with Gasteiger partial charge in [-0.3, -0.25) is 4.79 Å². The topological polar surface area (TPSA) is 42.2 Å². The van der Waals surface area contributed by atoms with Crippen molar-refractivity contribution >= 4 is 28.5 Å². The van der Waals surface area contributed by atoms with Crippen LogP contribution in [0.25, 0.3) is 11.0 Å². The van der Waals surface area contributed by atoms with Crippen LogP contribution in [0.5, 0.6) is 0 Å². The van der Waals surface area contributed by atoms with Gasteiger partial charge in [0.25, 0.3) is 5.91 Å². The molecule has 1 N–H and O–H groups in total. The molecule has 0 unspecified atom stereocenters. The molecule has 4 heteroatoms. The summed E-state index contributed by atoms with van der Waals surface area (Å²) in [5.41, 5.74) is 2.33. The van der Waals surface area contributed by atoms with Crippen molar-refractivity contribution in [1.29, 1.82) is 0 Å². The zero-order valence-electron chi connectivity index (χ0n) is 11.4. The first-order valence-corrected chi connectivity index (χ1v) is 6.70. The minimum atomic E-state index is -0.138. The molecule has 0 saturated heterocycles. The molecule has 20 heavy (non-hydrogen) atoms. The van der Waals surface area contributed by atoms with Crippen molar-refractivity contribution in [3.05, 3.63) is 58.8 Å². The number of halogens is 1. The van der Waals surface area contributed by atoms with Gasteiger partial charge >= 0.3 is 0 Å². The van der Waals surface area contributed by atoms with E-state index in [1.54, 1.807) is 24.5 Å². The monoisotopic (exact) mass is 289 g/mol. The fraction of sp³-hybridized carbons (Fsp3) is 0.188. The number of fused-ring (bicyclic) bond motifs is 1. The van der Waals surface area contributed by atoms with Gasteiger partial charge < -0.3 is 9.73 Å². The Morgan fingerprint density at radius 1 is 1.35 bits per heavy atom. The minimum absolute atomic E-state index is 0.138. The number of allylic oxidation sites excluding steroid dienone is 3. The first kappa shape index (κ1) is 14.4. The maximum absolute atomic E-state index is 12.0. The largest absolute Gasteiger partial charge is 0.464 e. The lowest BCUT2D eigenvalue weighted by Gasteiger charge is -2.02. The Morgan fingerprint density at radius 3 is 2.90 bits per heavy atom. The third-order valence-electron chi connectivity index (χ3n) is 2.84. The molecule has 1 aromatic heterocycles. The zero-order valence-corrected chi connectivity index (χ0v) is 12.2. The molecule has 0 aliphatic carbocycles. The van der Waals surface area contributed by atoms with E-state index in [-0.39, 0.29) is 5.91 Å². The molecule has 3 nitrogen and oxygen atoms in total. The summed E-state index contributed by atoms with van der Waals surface area (Å²) in [6.45, 7) is 4.30. The second-order valence-corrected chi connectivity index (χ2v) is 5.04. The van der Waals surface area contributed by atoms with Crippen LogP contribution in [-0.2, 0) is 0 Å². The molecule has 0 saturated carbocycles. The minimum Gasteiger partial charge on any atom is -0.464 e. The van der Waals surface area contributed by atoms with Crippen LogP contribution in [0, 0.1) is 0 Å². The summed E-state index contributed by atoms with van der Waals surface area (Å²) < 4.78 is 5.27. The third kappa shape index (κ3) is 3.52. The molecule has 0 bridgehead atoms. The SMILES string of the molecule is CC(C)=C(Cl)/C=C/CNC(=O)c1ccc2ccoc2c1. The van der Waals surface area contributed by atoms with Gasteiger partial charge in [-0.25, -0.2) is 0 Å². The average Bonchev–Trinajstić information content (AvgIpc) is 2.90. The molecule has 1 amide bonds. The molecule has 2 rings (SSSR count). The van der Waals surface area contributed by atoms with Crippen molar-refractivity contribution in [1.82, 2.24) is 5.32 Å². The van der Waals surface area contributed by atoms with Gasteiger partial charge in [-0.05, 0) is 38.1 Å². The van der Waals surface area contributed by atoms with Crippen molar-refractivity contribution in [3.63, 3.8) is 0 Å². The molecule has 1 aromatic carbocycles. The van der Waals surface area contributed by atoms with Crippen LogP contribution < -0.4 is 5.32 Å². The molecular weight excluding hydrogens is 274 g/mol. The van der Waals surface area contributed by atoms with Gasteiger partial charge in [0, 0.05) is 22.5 Å². The quantitative estimate of drug-likeness (QED) is 0.855. The number of hydrogen-bond donors (Lipinski definition) is 1. The van der Waals surface area contributed by atoms with E-state index in [4.69, 9.17) is 16.0 Å². The molecule has 0 radical (unpaired) electrons. The van der Waals surface area contributed by atoms with Crippen molar-refractivity contribution in [2.24, 2.45) is 0 Å². The highest BCUT2D eigenvalue weighted by atomic mass is 35.5. The van der Waals surface area contributed by atoms with Gasteiger partial charge in [0.05, 0.1) is 6.26 Å². The number of benzene rings is 1. The van der Waals surface area contributed by atoms with E-state index in [1.165, 1.54) is 0 Å². The van der Waals surface area contributed by atoms with Crippen molar-refractivity contribution in [3.8, 4) is 0 Å². The highest BCUT2D eigenvalue weighted by Crippen LogP contribution is 2.16. The Kier molecular flexibility index (Phi) is 4.64. The molecule has 0 aliphatic rings. The summed E-state index contributed by atoms with van der Waals surface area (Å²) in [6, 6.07) is 7.24. The maximum Gasteiger partial charge on any atom is 0.251 e. The van der Waals surface area contributed by atoms with E-state index in [0.717, 1.165) is 11.0 Å². The van der Waals surface area contributed by atoms with Crippen LogP contribution in [0.1, 0.15) is 24.2 Å². The van der Waals surface area contributed by atoms with E-state index in [1.807, 2.05) is 32.1 Å². The molecule has 0 fully saturated rings. The van der Waals surface area contributed by atoms with Crippen LogP contribution in [0.4, 0.5) is 0 Å². The number of amides is 1. The predicted molar refractivity (Wildman–Crippen MR) is 81.9 cm³/mol. The lowest BCUT2D eigenvalue weighted by atomic mass is 10.1. The van der Waals surface area contributed by atoms with Gasteiger partial charge in [-0.2, -0.15) is 0 Å². The second-order valence-electron chi connectivity index (χ2n) is 4.63. The number of furan rings is 1. The number of carbonyl (C=O) groups excluding carboxylic acids is 1. The van der Waals surface area contributed by atoms with Crippen molar-refractivity contribution < 1.29 is 9.21 Å². The van der Waals surface area contributed by atoms with Crippen LogP contribution in [0.3, 0.4) is 0 Å². The summed E-state index contributed by atoms with van der Waals surface area (Å²) in [6.07, 6.45) is 5.21. The van der Waals surface area contributed by atoms with E-state index >= 15 is 0 Å². The van der Waals surface area contributed by atoms with Gasteiger partial charge in [-0.1, -0.05) is 29.3 Å². The summed E-state index contributed by atoms with van der Waals surface area (Å²) in [7, 11) is 0. The summed E-state index contributed by atoms with van der Waals surface area (Å²) >= 11 is 5.97. The number of nitrogens with one attached hydrogen (secondary N) is 1. The van der Waals surface area contributed by atoms with Gasteiger partial charge in [0.15, 0.2) is 0 Å². The first-order valence-electron chi connectivity index (χ1n) is 6.33. The Morgan fingerprint density at radius 2 is 2.15 bits per heavy atom. The Bertz CT molecular complexity index is 679. The summed E-state index contributed by atoms with van der Waals surface area (Å²) in [5.74, 6) is -0.138. The van der Waals surface area contributed by atoms with Crippen molar-refractivity contribution in [2.75, 3.05) is 6.54 Å². The highest BCUT2D eigenvalue weighted by Gasteiger charge is 2.06. The molecule has 2 aromatic rings. The molecule has 104 valence electrons. The summed E-state index contributed by atoms with van der Waals surface area (Å²) in [4.78, 5) is 12.0. The maximum atomic E-state index is 12.0. The second kappa shape index (κ2) is 6.44. The highest BCUT2D eigenvalue weighted by molar-refractivity contribution is 6.31. The standard InChI is InChI=1S/C16H16ClNO2/c1-11(2)14(17)4-3-8-18-16(19)13-6-5-12-7-9-20-15(12)10-13/h3-7,9-10H,8H2,1-2H3,(H,18,19)/b4-3+. The lowest BCUT2D eigenvalue weighted by Crippen LogP contribution is -2.23. The van der Waals surface area contributed by atoms with E-state index < -0.39 is 0 Å². The summed E-state index contributed by atoms with van der Waals surface area (Å²) in [5, 5.41) is 4.48. The molecule has 0 atom stereocenters. The smallest absolute Gasteiger partial charge is 0.251 e. The predicted octanol–water partition coefficient (Wildman–Crippen LogP) is 4.25. The van der Waals surface area contributed by atoms with Crippen LogP contribution >= 0.6 is 11.6 Å². The van der Waals surface area contributed by atoms with Gasteiger partial charge in [-0.15, -0.1) is 0 Å². The fourth-order valence-corrected chi connectivity index (χ4v) is 1.77. The van der Waals surface area contributed by atoms with E-state index in [0.29, 0.717) is 22.7 Å². The number of carbonyl (C=O) groups is 1. The third-order valence-corrected chi connectivity index (χ3v) is 3.34. The first-order chi connectivity index (χ1) is 9.58. The average molecular weight is 290 g/mol. The molecule has 1 heterocycles. The van der Waals surface area contributed by atoms with Gasteiger partial charge in [0.2, 0.25) is 0 Å². The molecular formula is C16H16ClNO2. The van der Waals surface area contributed by atoms with E-state index in [2.05, 4.69) is 5.32 Å². The number of hydrogen-bond acceptors (Lipinski definition) is 2. The fourth-order valence-electron chi connectivity index (χ4n) is 1.68. The van der Waals surface area contributed by atoms with Gasteiger partial charge in [0.1, 0.15) is 5.58 Å². The van der Waals surface area contributed by atoms with Crippen LogP contribution in [0.15, 0.2) is 57.7 Å². The number of rotatable bonds is 4. The zero-order chi connectivity index (χ0) is 14.5. The molecule has 0 aliphatic heterocycles. The Labute approximate surface area is 122 Å². The Hall–Kier alpha value is -2.00. The van der Waals surface area contributed by atoms with Crippen LogP contribution in [-0.4, -0.2) is 12.5 Å². The van der Waals surface area contributed by atoms with Crippen LogP contribution in [0.2, 0.25) is 0 Å². The van der Waals surface area contributed by atoms with Crippen molar-refractivity contribution in [2.45, 2.75) is 13.8 Å². The van der Waals surface area contributed by atoms with E-state index in [9.17, 15) is 4.79 Å². The normalized spacial score (nSPS) is 10.9. The Balaban J connectivity index is 1.96. The lowest BCUT2D eigenvalue weighted by molar-refractivity contribution is 0.0958.